The highest BCUT2D eigenvalue weighted by Crippen LogP contribution is 2.13. The van der Waals surface area contributed by atoms with Gasteiger partial charge in [0.15, 0.2) is 0 Å². The van der Waals surface area contributed by atoms with Crippen LogP contribution in [-0.4, -0.2) is 49.7 Å². The predicted octanol–water partition coefficient (Wildman–Crippen LogP) is -0.0143. The second-order valence-electron chi connectivity index (χ2n) is 4.15. The van der Waals surface area contributed by atoms with Crippen molar-refractivity contribution in [2.45, 2.75) is 31.3 Å². The lowest BCUT2D eigenvalue weighted by Gasteiger charge is -2.25. The molecular formula is C10H18N2O2. The van der Waals surface area contributed by atoms with Crippen LogP contribution in [0.2, 0.25) is 0 Å². The van der Waals surface area contributed by atoms with E-state index in [0.717, 1.165) is 39.0 Å². The maximum absolute atomic E-state index is 11.6. The van der Waals surface area contributed by atoms with Crippen LogP contribution in [0.15, 0.2) is 0 Å². The zero-order valence-corrected chi connectivity index (χ0v) is 8.66. The number of nitrogens with one attached hydrogen (secondary N) is 1. The van der Waals surface area contributed by atoms with E-state index < -0.39 is 0 Å². The molecule has 2 aliphatic rings. The third kappa shape index (κ3) is 2.07. The summed E-state index contributed by atoms with van der Waals surface area (Å²) in [5.41, 5.74) is 0. The van der Waals surface area contributed by atoms with Crippen LogP contribution < -0.4 is 5.32 Å². The average molecular weight is 198 g/mol. The predicted molar refractivity (Wildman–Crippen MR) is 53.0 cm³/mol. The number of likely N-dealkylation sites (N-methyl/N-ethyl adjacent to an activating group) is 1. The van der Waals surface area contributed by atoms with Crippen molar-refractivity contribution in [3.05, 3.63) is 0 Å². The number of hydrogen-bond acceptors (Lipinski definition) is 3. The molecule has 2 rings (SSSR count). The third-order valence-electron chi connectivity index (χ3n) is 3.09. The molecule has 1 N–H and O–H groups in total. The van der Waals surface area contributed by atoms with Gasteiger partial charge < -0.3 is 15.0 Å². The second kappa shape index (κ2) is 4.28. The summed E-state index contributed by atoms with van der Waals surface area (Å²) in [5, 5.41) is 3.43. The fourth-order valence-electron chi connectivity index (χ4n) is 2.13. The SMILES string of the molecule is CN1CC[C@@H](NC2CCOCC2)C1=O. The van der Waals surface area contributed by atoms with Crippen molar-refractivity contribution < 1.29 is 9.53 Å². The molecule has 0 aromatic carbocycles. The summed E-state index contributed by atoms with van der Waals surface area (Å²) in [6.07, 6.45) is 3.02. The highest BCUT2D eigenvalue weighted by Gasteiger charge is 2.30. The van der Waals surface area contributed by atoms with Crippen molar-refractivity contribution in [3.8, 4) is 0 Å². The Labute approximate surface area is 84.6 Å². The zero-order valence-electron chi connectivity index (χ0n) is 8.66. The molecule has 1 atom stereocenters. The van der Waals surface area contributed by atoms with Crippen molar-refractivity contribution >= 4 is 5.91 Å². The quantitative estimate of drug-likeness (QED) is 0.678. The Bertz CT molecular complexity index is 214. The van der Waals surface area contributed by atoms with Gasteiger partial charge in [-0.1, -0.05) is 0 Å². The molecule has 0 spiro atoms. The number of likely N-dealkylation sites (tertiary alicyclic amines) is 1. The summed E-state index contributed by atoms with van der Waals surface area (Å²) in [4.78, 5) is 13.4. The van der Waals surface area contributed by atoms with Gasteiger partial charge in [0.1, 0.15) is 0 Å². The Morgan fingerprint density at radius 3 is 2.64 bits per heavy atom. The Morgan fingerprint density at radius 2 is 2.07 bits per heavy atom. The van der Waals surface area contributed by atoms with Crippen molar-refractivity contribution in [1.29, 1.82) is 0 Å². The molecule has 0 aliphatic carbocycles. The van der Waals surface area contributed by atoms with E-state index >= 15 is 0 Å². The summed E-state index contributed by atoms with van der Waals surface area (Å²) >= 11 is 0. The van der Waals surface area contributed by atoms with Crippen LogP contribution in [0.1, 0.15) is 19.3 Å². The van der Waals surface area contributed by atoms with Crippen molar-refractivity contribution in [1.82, 2.24) is 10.2 Å². The Hall–Kier alpha value is -0.610. The van der Waals surface area contributed by atoms with Crippen LogP contribution in [0, 0.1) is 0 Å². The summed E-state index contributed by atoms with van der Waals surface area (Å²) in [6.45, 7) is 2.54. The van der Waals surface area contributed by atoms with E-state index in [2.05, 4.69) is 5.32 Å². The van der Waals surface area contributed by atoms with Gasteiger partial charge in [-0.25, -0.2) is 0 Å². The molecule has 0 aromatic rings. The number of rotatable bonds is 2. The molecule has 14 heavy (non-hydrogen) atoms. The number of nitrogens with zero attached hydrogens (tertiary/aromatic N) is 1. The van der Waals surface area contributed by atoms with Crippen LogP contribution in [-0.2, 0) is 9.53 Å². The molecule has 4 nitrogen and oxygen atoms in total. The van der Waals surface area contributed by atoms with Gasteiger partial charge in [-0.2, -0.15) is 0 Å². The summed E-state index contributed by atoms with van der Waals surface area (Å²) < 4.78 is 5.28. The standard InChI is InChI=1S/C10H18N2O2/c1-12-5-2-9(10(12)13)11-8-3-6-14-7-4-8/h8-9,11H,2-7H2,1H3/t9-/m1/s1. The normalized spacial score (nSPS) is 29.9. The molecule has 0 unspecified atom stereocenters. The maximum Gasteiger partial charge on any atom is 0.239 e. The van der Waals surface area contributed by atoms with Crippen LogP contribution >= 0.6 is 0 Å². The molecule has 2 fully saturated rings. The van der Waals surface area contributed by atoms with Gasteiger partial charge in [0, 0.05) is 32.8 Å². The van der Waals surface area contributed by atoms with Crippen LogP contribution in [0.3, 0.4) is 0 Å². The van der Waals surface area contributed by atoms with Crippen molar-refractivity contribution in [2.24, 2.45) is 0 Å². The van der Waals surface area contributed by atoms with E-state index in [4.69, 9.17) is 4.74 Å². The Morgan fingerprint density at radius 1 is 1.36 bits per heavy atom. The van der Waals surface area contributed by atoms with Gasteiger partial charge in [-0.05, 0) is 19.3 Å². The molecule has 0 bridgehead atoms. The largest absolute Gasteiger partial charge is 0.381 e. The molecule has 80 valence electrons. The first-order valence-electron chi connectivity index (χ1n) is 5.36. The summed E-state index contributed by atoms with van der Waals surface area (Å²) in [7, 11) is 1.87. The monoisotopic (exact) mass is 198 g/mol. The molecule has 2 heterocycles. The first kappa shape index (κ1) is 9.93. The number of ether oxygens (including phenoxy) is 1. The van der Waals surface area contributed by atoms with E-state index in [9.17, 15) is 4.79 Å². The van der Waals surface area contributed by atoms with Crippen LogP contribution in [0.5, 0.6) is 0 Å². The molecule has 1 amide bonds. The van der Waals surface area contributed by atoms with E-state index in [0.29, 0.717) is 6.04 Å². The van der Waals surface area contributed by atoms with Gasteiger partial charge in [0.2, 0.25) is 5.91 Å². The van der Waals surface area contributed by atoms with Crippen molar-refractivity contribution in [2.75, 3.05) is 26.8 Å². The second-order valence-corrected chi connectivity index (χ2v) is 4.15. The molecule has 0 radical (unpaired) electrons. The van der Waals surface area contributed by atoms with Crippen molar-refractivity contribution in [3.63, 3.8) is 0 Å². The number of hydrogen-bond donors (Lipinski definition) is 1. The number of carbonyl (C=O) groups is 1. The topological polar surface area (TPSA) is 41.6 Å². The smallest absolute Gasteiger partial charge is 0.239 e. The van der Waals surface area contributed by atoms with Gasteiger partial charge in [-0.3, -0.25) is 4.79 Å². The number of amides is 1. The lowest BCUT2D eigenvalue weighted by molar-refractivity contribution is -0.128. The molecular weight excluding hydrogens is 180 g/mol. The molecule has 0 saturated carbocycles. The first-order chi connectivity index (χ1) is 6.77. The summed E-state index contributed by atoms with van der Waals surface area (Å²) in [5.74, 6) is 0.247. The highest BCUT2D eigenvalue weighted by atomic mass is 16.5. The van der Waals surface area contributed by atoms with E-state index in [1.54, 1.807) is 4.90 Å². The minimum atomic E-state index is 0.0584. The lowest BCUT2D eigenvalue weighted by atomic mass is 10.1. The lowest BCUT2D eigenvalue weighted by Crippen LogP contribution is -2.45. The minimum absolute atomic E-state index is 0.0584. The molecule has 4 heteroatoms. The average Bonchev–Trinajstić information content (AvgIpc) is 2.52. The maximum atomic E-state index is 11.6. The molecule has 0 aromatic heterocycles. The summed E-state index contributed by atoms with van der Waals surface area (Å²) in [6, 6.07) is 0.535. The molecule has 2 saturated heterocycles. The third-order valence-corrected chi connectivity index (χ3v) is 3.09. The van der Waals surface area contributed by atoms with Gasteiger partial charge in [0.25, 0.3) is 0 Å². The highest BCUT2D eigenvalue weighted by molar-refractivity contribution is 5.83. The Kier molecular flexibility index (Phi) is 3.03. The number of carbonyl (C=O) groups excluding carboxylic acids is 1. The first-order valence-corrected chi connectivity index (χ1v) is 5.36. The van der Waals surface area contributed by atoms with E-state index in [-0.39, 0.29) is 11.9 Å². The molecule has 2 aliphatic heterocycles. The fraction of sp³-hybridized carbons (Fsp3) is 0.900. The minimum Gasteiger partial charge on any atom is -0.381 e. The van der Waals surface area contributed by atoms with Gasteiger partial charge in [-0.15, -0.1) is 0 Å². The van der Waals surface area contributed by atoms with Gasteiger partial charge >= 0.3 is 0 Å². The fourth-order valence-corrected chi connectivity index (χ4v) is 2.13. The van der Waals surface area contributed by atoms with E-state index in [1.807, 2.05) is 7.05 Å². The Balaban J connectivity index is 1.82. The van der Waals surface area contributed by atoms with Gasteiger partial charge in [0.05, 0.1) is 6.04 Å². The zero-order chi connectivity index (χ0) is 9.97. The van der Waals surface area contributed by atoms with E-state index in [1.165, 1.54) is 0 Å². The van der Waals surface area contributed by atoms with Crippen LogP contribution in [0.4, 0.5) is 0 Å². The van der Waals surface area contributed by atoms with Crippen LogP contribution in [0.25, 0.3) is 0 Å².